The van der Waals surface area contributed by atoms with Crippen molar-refractivity contribution in [1.82, 2.24) is 0 Å². The Kier molecular flexibility index (Phi) is 4.99. The van der Waals surface area contributed by atoms with Crippen molar-refractivity contribution in [1.29, 1.82) is 0 Å². The molecule has 2 nitrogen and oxygen atoms in total. The number of rotatable bonds is 6. The van der Waals surface area contributed by atoms with Crippen molar-refractivity contribution >= 4 is 11.6 Å². The highest BCUT2D eigenvalue weighted by atomic mass is 19.1. The average molecular weight is 296 g/mol. The van der Waals surface area contributed by atoms with Crippen molar-refractivity contribution in [2.45, 2.75) is 12.8 Å². The van der Waals surface area contributed by atoms with Crippen LogP contribution in [0, 0.1) is 11.7 Å². The van der Waals surface area contributed by atoms with E-state index in [9.17, 15) is 14.0 Å². The molecule has 0 aliphatic rings. The Morgan fingerprint density at radius 2 is 1.64 bits per heavy atom. The molecule has 0 spiro atoms. The van der Waals surface area contributed by atoms with Gasteiger partial charge in [-0.15, -0.1) is 6.58 Å². The molecule has 22 heavy (non-hydrogen) atoms. The zero-order valence-corrected chi connectivity index (χ0v) is 12.3. The van der Waals surface area contributed by atoms with Gasteiger partial charge in [0, 0.05) is 11.5 Å². The Bertz CT molecular complexity index is 674. The summed E-state index contributed by atoms with van der Waals surface area (Å²) in [5.74, 6) is -2.23. The second kappa shape index (κ2) is 6.94. The van der Waals surface area contributed by atoms with Gasteiger partial charge in [0.25, 0.3) is 0 Å². The van der Waals surface area contributed by atoms with Crippen molar-refractivity contribution < 1.29 is 14.0 Å². The van der Waals surface area contributed by atoms with Gasteiger partial charge in [-0.3, -0.25) is 9.59 Å². The number of carbonyl (C=O) groups excluding carboxylic acids is 2. The van der Waals surface area contributed by atoms with Crippen LogP contribution < -0.4 is 0 Å². The van der Waals surface area contributed by atoms with E-state index in [0.29, 0.717) is 5.56 Å². The summed E-state index contributed by atoms with van der Waals surface area (Å²) in [6.07, 6.45) is 1.61. The molecule has 112 valence electrons. The summed E-state index contributed by atoms with van der Waals surface area (Å²) in [6, 6.07) is 14.5. The van der Waals surface area contributed by atoms with Gasteiger partial charge in [-0.2, -0.15) is 0 Å². The SMILES string of the molecule is C=C[C@H](c1ccccc1)[C@@H](C(C)=O)C(=O)c1ccc(F)cc1. The summed E-state index contributed by atoms with van der Waals surface area (Å²) in [7, 11) is 0. The van der Waals surface area contributed by atoms with Crippen LogP contribution in [-0.4, -0.2) is 11.6 Å². The average Bonchev–Trinajstić information content (AvgIpc) is 2.53. The standard InChI is InChI=1S/C19H17FO2/c1-3-17(14-7-5-4-6-8-14)18(13(2)21)19(22)15-9-11-16(20)12-10-15/h3-12,17-18H,1H2,2H3/t17-,18-/m1/s1. The van der Waals surface area contributed by atoms with Gasteiger partial charge in [0.15, 0.2) is 5.78 Å². The van der Waals surface area contributed by atoms with Crippen LogP contribution in [0.4, 0.5) is 4.39 Å². The number of carbonyl (C=O) groups is 2. The van der Waals surface area contributed by atoms with Crippen LogP contribution in [0.15, 0.2) is 67.3 Å². The van der Waals surface area contributed by atoms with E-state index >= 15 is 0 Å². The van der Waals surface area contributed by atoms with E-state index in [1.807, 2.05) is 30.3 Å². The molecular weight excluding hydrogens is 279 g/mol. The quantitative estimate of drug-likeness (QED) is 0.455. The molecule has 0 fully saturated rings. The van der Waals surface area contributed by atoms with Gasteiger partial charge in [0.05, 0.1) is 5.92 Å². The molecule has 0 aliphatic heterocycles. The van der Waals surface area contributed by atoms with E-state index in [4.69, 9.17) is 0 Å². The number of hydrogen-bond donors (Lipinski definition) is 0. The minimum Gasteiger partial charge on any atom is -0.299 e. The van der Waals surface area contributed by atoms with Crippen molar-refractivity contribution in [2.75, 3.05) is 0 Å². The summed E-state index contributed by atoms with van der Waals surface area (Å²) in [5, 5.41) is 0. The Hall–Kier alpha value is -2.55. The van der Waals surface area contributed by atoms with E-state index in [-0.39, 0.29) is 11.6 Å². The molecule has 0 N–H and O–H groups in total. The van der Waals surface area contributed by atoms with Gasteiger partial charge in [-0.05, 0) is 36.8 Å². The Balaban J connectivity index is 2.40. The predicted octanol–water partition coefficient (Wildman–Crippen LogP) is 4.18. The summed E-state index contributed by atoms with van der Waals surface area (Å²) in [6.45, 7) is 5.16. The highest BCUT2D eigenvalue weighted by molar-refractivity contribution is 6.11. The van der Waals surface area contributed by atoms with Crippen LogP contribution >= 0.6 is 0 Å². The summed E-state index contributed by atoms with van der Waals surface area (Å²) < 4.78 is 13.0. The van der Waals surface area contributed by atoms with E-state index in [1.165, 1.54) is 31.2 Å². The van der Waals surface area contributed by atoms with Gasteiger partial charge in [0.2, 0.25) is 0 Å². The summed E-state index contributed by atoms with van der Waals surface area (Å²) in [5.41, 5.74) is 1.18. The lowest BCUT2D eigenvalue weighted by atomic mass is 9.79. The molecule has 0 amide bonds. The molecule has 2 rings (SSSR count). The van der Waals surface area contributed by atoms with Crippen LogP contribution in [0.2, 0.25) is 0 Å². The van der Waals surface area contributed by atoms with Crippen molar-refractivity contribution in [3.8, 4) is 0 Å². The lowest BCUT2D eigenvalue weighted by molar-refractivity contribution is -0.119. The lowest BCUT2D eigenvalue weighted by Gasteiger charge is -2.21. The van der Waals surface area contributed by atoms with Crippen molar-refractivity contribution in [2.24, 2.45) is 5.92 Å². The van der Waals surface area contributed by atoms with E-state index < -0.39 is 17.7 Å². The molecule has 0 saturated carbocycles. The molecule has 0 saturated heterocycles. The maximum Gasteiger partial charge on any atom is 0.174 e. The van der Waals surface area contributed by atoms with Gasteiger partial charge >= 0.3 is 0 Å². The minimum absolute atomic E-state index is 0.233. The maximum atomic E-state index is 13.0. The predicted molar refractivity (Wildman–Crippen MR) is 84.3 cm³/mol. The van der Waals surface area contributed by atoms with E-state index in [2.05, 4.69) is 6.58 Å². The summed E-state index contributed by atoms with van der Waals surface area (Å²) >= 11 is 0. The van der Waals surface area contributed by atoms with Crippen LogP contribution in [0.25, 0.3) is 0 Å². The molecule has 0 radical (unpaired) electrons. The monoisotopic (exact) mass is 296 g/mol. The number of hydrogen-bond acceptors (Lipinski definition) is 2. The Morgan fingerprint density at radius 3 is 2.14 bits per heavy atom. The molecule has 2 aromatic carbocycles. The molecule has 3 heteroatoms. The minimum atomic E-state index is -0.856. The molecule has 0 bridgehead atoms. The number of allylic oxidation sites excluding steroid dienone is 1. The number of Topliss-reactive ketones (excluding diaryl/α,β-unsaturated/α-hetero) is 2. The zero-order valence-electron chi connectivity index (χ0n) is 12.3. The topological polar surface area (TPSA) is 34.1 Å². The number of benzene rings is 2. The first-order valence-corrected chi connectivity index (χ1v) is 7.02. The third-order valence-corrected chi connectivity index (χ3v) is 3.65. The summed E-state index contributed by atoms with van der Waals surface area (Å²) in [4.78, 5) is 24.7. The van der Waals surface area contributed by atoms with Gasteiger partial charge in [0.1, 0.15) is 11.6 Å². The number of ketones is 2. The normalized spacial score (nSPS) is 13.2. The molecule has 0 aromatic heterocycles. The Morgan fingerprint density at radius 1 is 1.05 bits per heavy atom. The largest absolute Gasteiger partial charge is 0.299 e. The molecule has 0 heterocycles. The molecule has 0 unspecified atom stereocenters. The Labute approximate surface area is 129 Å². The molecule has 0 aliphatic carbocycles. The molecular formula is C19H17FO2. The van der Waals surface area contributed by atoms with Crippen LogP contribution in [0.1, 0.15) is 28.8 Å². The van der Waals surface area contributed by atoms with Gasteiger partial charge in [-0.25, -0.2) is 4.39 Å². The first kappa shape index (κ1) is 15.8. The third-order valence-electron chi connectivity index (χ3n) is 3.65. The maximum absolute atomic E-state index is 13.0. The third kappa shape index (κ3) is 3.37. The van der Waals surface area contributed by atoms with Gasteiger partial charge < -0.3 is 0 Å². The van der Waals surface area contributed by atoms with Crippen LogP contribution in [0.5, 0.6) is 0 Å². The lowest BCUT2D eigenvalue weighted by Crippen LogP contribution is -2.28. The number of halogens is 1. The first-order chi connectivity index (χ1) is 10.5. The smallest absolute Gasteiger partial charge is 0.174 e. The van der Waals surface area contributed by atoms with Gasteiger partial charge in [-0.1, -0.05) is 36.4 Å². The highest BCUT2D eigenvalue weighted by Gasteiger charge is 2.32. The van der Waals surface area contributed by atoms with Crippen molar-refractivity contribution in [3.63, 3.8) is 0 Å². The first-order valence-electron chi connectivity index (χ1n) is 7.02. The fraction of sp³-hybridized carbons (Fsp3) is 0.158. The second-order valence-electron chi connectivity index (χ2n) is 5.13. The second-order valence-corrected chi connectivity index (χ2v) is 5.13. The highest BCUT2D eigenvalue weighted by Crippen LogP contribution is 2.29. The zero-order chi connectivity index (χ0) is 16.1. The van der Waals surface area contributed by atoms with Crippen molar-refractivity contribution in [3.05, 3.63) is 84.2 Å². The molecule has 2 aromatic rings. The molecule has 2 atom stereocenters. The van der Waals surface area contributed by atoms with E-state index in [1.54, 1.807) is 6.08 Å². The van der Waals surface area contributed by atoms with Crippen LogP contribution in [0.3, 0.4) is 0 Å². The van der Waals surface area contributed by atoms with Crippen LogP contribution in [-0.2, 0) is 4.79 Å². The fourth-order valence-corrected chi connectivity index (χ4v) is 2.53. The van der Waals surface area contributed by atoms with E-state index in [0.717, 1.165) is 5.56 Å². The fourth-order valence-electron chi connectivity index (χ4n) is 2.53.